The van der Waals surface area contributed by atoms with Gasteiger partial charge in [-0.15, -0.1) is 0 Å². The zero-order valence-corrected chi connectivity index (χ0v) is 11.3. The van der Waals surface area contributed by atoms with Crippen LogP contribution in [0.3, 0.4) is 0 Å². The van der Waals surface area contributed by atoms with Crippen LogP contribution in [0.4, 0.5) is 0 Å². The lowest BCUT2D eigenvalue weighted by Crippen LogP contribution is -2.05. The molecule has 0 unspecified atom stereocenters. The highest BCUT2D eigenvalue weighted by Gasteiger charge is 2.14. The molecule has 4 nitrogen and oxygen atoms in total. The van der Waals surface area contributed by atoms with Gasteiger partial charge in [0, 0.05) is 5.69 Å². The third-order valence-electron chi connectivity index (χ3n) is 3.13. The highest BCUT2D eigenvalue weighted by molar-refractivity contribution is 5.85. The fourth-order valence-electron chi connectivity index (χ4n) is 2.07. The van der Waals surface area contributed by atoms with Crippen LogP contribution in [0.25, 0.3) is 5.69 Å². The molecule has 0 amide bonds. The van der Waals surface area contributed by atoms with Crippen LogP contribution in [0.5, 0.6) is 0 Å². The second-order valence-electron chi connectivity index (χ2n) is 4.63. The molecule has 0 aliphatic rings. The largest absolute Gasteiger partial charge is 0.476 e. The molecule has 0 saturated heterocycles. The number of para-hydroxylation sites is 1. The van der Waals surface area contributed by atoms with Gasteiger partial charge in [-0.25, -0.2) is 9.48 Å². The molecule has 0 fully saturated rings. The molecule has 1 aromatic carbocycles. The van der Waals surface area contributed by atoms with Crippen LogP contribution in [0.2, 0.25) is 0 Å². The van der Waals surface area contributed by atoms with Crippen molar-refractivity contribution in [2.75, 3.05) is 0 Å². The molecule has 0 saturated carbocycles. The van der Waals surface area contributed by atoms with E-state index in [0.717, 1.165) is 36.2 Å². The number of nitrogens with zero attached hydrogens (tertiary/aromatic N) is 2. The van der Waals surface area contributed by atoms with Crippen molar-refractivity contribution in [3.63, 3.8) is 0 Å². The van der Waals surface area contributed by atoms with Crippen molar-refractivity contribution < 1.29 is 9.90 Å². The Morgan fingerprint density at radius 1 is 1.37 bits per heavy atom. The molecular weight excluding hydrogens is 240 g/mol. The molecule has 1 heterocycles. The number of carboxylic acid groups (broad SMARTS) is 1. The molecule has 4 heteroatoms. The highest BCUT2D eigenvalue weighted by Crippen LogP contribution is 2.18. The maximum absolute atomic E-state index is 11.1. The predicted molar refractivity (Wildman–Crippen MR) is 73.9 cm³/mol. The first-order chi connectivity index (χ1) is 9.13. The van der Waals surface area contributed by atoms with Gasteiger partial charge in [-0.05, 0) is 37.5 Å². The van der Waals surface area contributed by atoms with Crippen molar-refractivity contribution in [1.82, 2.24) is 9.78 Å². The lowest BCUT2D eigenvalue weighted by molar-refractivity contribution is 0.0690. The van der Waals surface area contributed by atoms with E-state index >= 15 is 0 Å². The summed E-state index contributed by atoms with van der Waals surface area (Å²) in [5.74, 6) is -0.981. The van der Waals surface area contributed by atoms with Crippen LogP contribution in [-0.2, 0) is 6.42 Å². The summed E-state index contributed by atoms with van der Waals surface area (Å²) in [6.45, 7) is 4.12. The molecular formula is C15H18N2O2. The molecule has 1 N–H and O–H groups in total. The summed E-state index contributed by atoms with van der Waals surface area (Å²) >= 11 is 0. The topological polar surface area (TPSA) is 55.1 Å². The first-order valence-electron chi connectivity index (χ1n) is 6.51. The standard InChI is InChI=1S/C15H18N2O2/c1-3-4-8-12-10-13(15(18)19)16-17(12)14-9-6-5-7-11(14)2/h5-7,9-10H,3-4,8H2,1-2H3,(H,18,19). The van der Waals surface area contributed by atoms with Crippen molar-refractivity contribution >= 4 is 5.97 Å². The Labute approximate surface area is 112 Å². The summed E-state index contributed by atoms with van der Waals surface area (Å²) in [5, 5.41) is 13.3. The Morgan fingerprint density at radius 3 is 2.74 bits per heavy atom. The Balaban J connectivity index is 2.48. The van der Waals surface area contributed by atoms with Gasteiger partial charge in [0.05, 0.1) is 5.69 Å². The number of unbranched alkanes of at least 4 members (excludes halogenated alkanes) is 1. The van der Waals surface area contributed by atoms with Crippen molar-refractivity contribution in [2.24, 2.45) is 0 Å². The lowest BCUT2D eigenvalue weighted by atomic mass is 10.1. The van der Waals surface area contributed by atoms with E-state index in [1.807, 2.05) is 31.2 Å². The molecule has 0 aliphatic heterocycles. The number of benzene rings is 1. The molecule has 2 aromatic rings. The number of hydrogen-bond donors (Lipinski definition) is 1. The number of carbonyl (C=O) groups is 1. The van der Waals surface area contributed by atoms with Crippen LogP contribution in [0.15, 0.2) is 30.3 Å². The van der Waals surface area contributed by atoms with E-state index in [9.17, 15) is 4.79 Å². The Bertz CT molecular complexity index is 588. The van der Waals surface area contributed by atoms with E-state index in [0.29, 0.717) is 0 Å². The van der Waals surface area contributed by atoms with Gasteiger partial charge in [0.15, 0.2) is 5.69 Å². The molecule has 0 aliphatic carbocycles. The Hall–Kier alpha value is -2.10. The number of hydrogen-bond acceptors (Lipinski definition) is 2. The summed E-state index contributed by atoms with van der Waals surface area (Å²) in [6.07, 6.45) is 2.93. The number of aromatic nitrogens is 2. The average molecular weight is 258 g/mol. The van der Waals surface area contributed by atoms with Gasteiger partial charge in [-0.1, -0.05) is 31.5 Å². The number of aromatic carboxylic acids is 1. The summed E-state index contributed by atoms with van der Waals surface area (Å²) < 4.78 is 1.76. The average Bonchev–Trinajstić information content (AvgIpc) is 2.81. The van der Waals surface area contributed by atoms with Gasteiger partial charge in [0.1, 0.15) is 0 Å². The van der Waals surface area contributed by atoms with Gasteiger partial charge in [-0.2, -0.15) is 5.10 Å². The van der Waals surface area contributed by atoms with E-state index in [2.05, 4.69) is 12.0 Å². The fourth-order valence-corrected chi connectivity index (χ4v) is 2.07. The summed E-state index contributed by atoms with van der Waals surface area (Å²) in [5.41, 5.74) is 3.09. The number of carboxylic acids is 1. The normalized spacial score (nSPS) is 10.6. The molecule has 1 aromatic heterocycles. The van der Waals surface area contributed by atoms with E-state index < -0.39 is 5.97 Å². The maximum Gasteiger partial charge on any atom is 0.356 e. The van der Waals surface area contributed by atoms with Crippen molar-refractivity contribution in [2.45, 2.75) is 33.1 Å². The summed E-state index contributed by atoms with van der Waals surface area (Å²) in [7, 11) is 0. The van der Waals surface area contributed by atoms with Crippen molar-refractivity contribution in [3.8, 4) is 5.69 Å². The zero-order valence-electron chi connectivity index (χ0n) is 11.3. The monoisotopic (exact) mass is 258 g/mol. The van der Waals surface area contributed by atoms with Crippen molar-refractivity contribution in [3.05, 3.63) is 47.3 Å². The summed E-state index contributed by atoms with van der Waals surface area (Å²) in [4.78, 5) is 11.1. The molecule has 0 bridgehead atoms. The quantitative estimate of drug-likeness (QED) is 0.895. The molecule has 19 heavy (non-hydrogen) atoms. The van der Waals surface area contributed by atoms with Gasteiger partial charge >= 0.3 is 5.97 Å². The second kappa shape index (κ2) is 5.69. The molecule has 0 spiro atoms. The lowest BCUT2D eigenvalue weighted by Gasteiger charge is -2.09. The third-order valence-corrected chi connectivity index (χ3v) is 3.13. The highest BCUT2D eigenvalue weighted by atomic mass is 16.4. The smallest absolute Gasteiger partial charge is 0.356 e. The Kier molecular flexibility index (Phi) is 4.00. The van der Waals surface area contributed by atoms with Crippen molar-refractivity contribution in [1.29, 1.82) is 0 Å². The van der Waals surface area contributed by atoms with Gasteiger partial charge in [0.2, 0.25) is 0 Å². The molecule has 0 radical (unpaired) electrons. The number of aryl methyl sites for hydroxylation is 2. The van der Waals surface area contributed by atoms with E-state index in [-0.39, 0.29) is 5.69 Å². The van der Waals surface area contributed by atoms with Crippen LogP contribution >= 0.6 is 0 Å². The second-order valence-corrected chi connectivity index (χ2v) is 4.63. The Morgan fingerprint density at radius 2 is 2.11 bits per heavy atom. The minimum absolute atomic E-state index is 0.106. The zero-order chi connectivity index (χ0) is 13.8. The predicted octanol–water partition coefficient (Wildman–Crippen LogP) is 3.22. The van der Waals surface area contributed by atoms with Crippen LogP contribution in [-0.4, -0.2) is 20.9 Å². The van der Waals surface area contributed by atoms with Gasteiger partial charge in [-0.3, -0.25) is 0 Å². The summed E-state index contributed by atoms with van der Waals surface area (Å²) in [6, 6.07) is 9.54. The van der Waals surface area contributed by atoms with E-state index in [1.54, 1.807) is 10.7 Å². The van der Waals surface area contributed by atoms with Crippen LogP contribution < -0.4 is 0 Å². The van der Waals surface area contributed by atoms with E-state index in [4.69, 9.17) is 5.11 Å². The molecule has 2 rings (SSSR count). The minimum Gasteiger partial charge on any atom is -0.476 e. The maximum atomic E-state index is 11.1. The SMILES string of the molecule is CCCCc1cc(C(=O)O)nn1-c1ccccc1C. The number of rotatable bonds is 5. The first kappa shape index (κ1) is 13.3. The fraction of sp³-hybridized carbons (Fsp3) is 0.333. The first-order valence-corrected chi connectivity index (χ1v) is 6.51. The molecule has 100 valence electrons. The molecule has 0 atom stereocenters. The minimum atomic E-state index is -0.981. The van der Waals surface area contributed by atoms with Crippen LogP contribution in [0.1, 0.15) is 41.5 Å². The van der Waals surface area contributed by atoms with Gasteiger partial charge in [0.25, 0.3) is 0 Å². The third kappa shape index (κ3) is 2.84. The van der Waals surface area contributed by atoms with Crippen LogP contribution in [0, 0.1) is 6.92 Å². The van der Waals surface area contributed by atoms with Gasteiger partial charge < -0.3 is 5.11 Å². The van der Waals surface area contributed by atoms with E-state index in [1.165, 1.54) is 0 Å².